The molecule has 0 aromatic heterocycles. The van der Waals surface area contributed by atoms with Gasteiger partial charge >= 0.3 is 6.09 Å². The minimum Gasteiger partial charge on any atom is -0.444 e. The van der Waals surface area contributed by atoms with Gasteiger partial charge in [-0.15, -0.1) is 0 Å². The van der Waals surface area contributed by atoms with Crippen molar-refractivity contribution in [1.29, 1.82) is 0 Å². The summed E-state index contributed by atoms with van der Waals surface area (Å²) in [4.78, 5) is 29.1. The number of amides is 2. The van der Waals surface area contributed by atoms with Gasteiger partial charge in [-0.3, -0.25) is 4.79 Å². The zero-order valence-corrected chi connectivity index (χ0v) is 15.7. The maximum absolute atomic E-state index is 13.0. The molecule has 26 heavy (non-hydrogen) atoms. The molecule has 0 fully saturated rings. The van der Waals surface area contributed by atoms with Crippen molar-refractivity contribution in [1.82, 2.24) is 4.90 Å². The van der Waals surface area contributed by atoms with Crippen molar-refractivity contribution < 1.29 is 14.3 Å². The third-order valence-corrected chi connectivity index (χ3v) is 5.49. The number of carbonyl (C=O) groups is 2. The Balaban J connectivity index is 1.73. The fourth-order valence-electron chi connectivity index (χ4n) is 4.35. The van der Waals surface area contributed by atoms with E-state index < -0.39 is 5.60 Å². The maximum atomic E-state index is 13.0. The van der Waals surface area contributed by atoms with Crippen LogP contribution in [0.3, 0.4) is 0 Å². The molecule has 1 unspecified atom stereocenters. The van der Waals surface area contributed by atoms with Gasteiger partial charge in [-0.2, -0.15) is 0 Å². The van der Waals surface area contributed by atoms with Crippen molar-refractivity contribution >= 4 is 17.7 Å². The van der Waals surface area contributed by atoms with E-state index in [4.69, 9.17) is 4.74 Å². The minimum absolute atomic E-state index is 0.155. The Morgan fingerprint density at radius 1 is 1.23 bits per heavy atom. The summed E-state index contributed by atoms with van der Waals surface area (Å²) in [7, 11) is 0. The molecular weight excluding hydrogens is 328 g/mol. The Morgan fingerprint density at radius 3 is 2.73 bits per heavy atom. The van der Waals surface area contributed by atoms with Gasteiger partial charge in [-0.25, -0.2) is 4.79 Å². The highest BCUT2D eigenvalue weighted by Gasteiger charge is 2.44. The minimum atomic E-state index is -0.532. The molecule has 0 saturated carbocycles. The quantitative estimate of drug-likeness (QED) is 0.667. The van der Waals surface area contributed by atoms with E-state index in [1.54, 1.807) is 4.90 Å². The molecule has 2 amide bonds. The molecule has 3 aliphatic rings. The van der Waals surface area contributed by atoms with Crippen molar-refractivity contribution in [2.45, 2.75) is 57.6 Å². The van der Waals surface area contributed by atoms with Crippen LogP contribution in [0.15, 0.2) is 30.4 Å². The number of fused-ring (bicyclic) bond motifs is 1. The lowest BCUT2D eigenvalue weighted by Crippen LogP contribution is -2.45. The molecule has 4 rings (SSSR count). The number of benzene rings is 1. The number of hydrogen-bond acceptors (Lipinski definition) is 3. The second kappa shape index (κ2) is 5.86. The third-order valence-electron chi connectivity index (χ3n) is 5.49. The molecule has 1 aliphatic carbocycles. The van der Waals surface area contributed by atoms with Crippen molar-refractivity contribution in [2.75, 3.05) is 18.0 Å². The molecule has 2 aliphatic heterocycles. The summed E-state index contributed by atoms with van der Waals surface area (Å²) >= 11 is 0. The normalized spacial score (nSPS) is 24.7. The summed E-state index contributed by atoms with van der Waals surface area (Å²) in [6.07, 6.45) is 6.60. The first-order valence-electron chi connectivity index (χ1n) is 9.37. The average Bonchev–Trinajstić information content (AvgIpc) is 2.91. The predicted octanol–water partition coefficient (Wildman–Crippen LogP) is 3.76. The highest BCUT2D eigenvalue weighted by Crippen LogP contribution is 2.49. The van der Waals surface area contributed by atoms with Crippen molar-refractivity contribution in [3.63, 3.8) is 0 Å². The summed E-state index contributed by atoms with van der Waals surface area (Å²) in [5.41, 5.74) is 2.57. The van der Waals surface area contributed by atoms with Gasteiger partial charge in [0.2, 0.25) is 5.91 Å². The number of nitrogens with zero attached hydrogens (tertiary/aromatic N) is 2. The van der Waals surface area contributed by atoms with E-state index in [9.17, 15) is 9.59 Å². The van der Waals surface area contributed by atoms with Crippen LogP contribution in [0.4, 0.5) is 10.5 Å². The largest absolute Gasteiger partial charge is 0.444 e. The molecule has 0 N–H and O–H groups in total. The number of rotatable bonds is 0. The van der Waals surface area contributed by atoms with Gasteiger partial charge in [0.15, 0.2) is 0 Å². The smallest absolute Gasteiger partial charge is 0.410 e. The molecule has 0 bridgehead atoms. The van der Waals surface area contributed by atoms with E-state index in [0.29, 0.717) is 26.1 Å². The van der Waals surface area contributed by atoms with Gasteiger partial charge < -0.3 is 14.5 Å². The van der Waals surface area contributed by atoms with E-state index in [1.165, 1.54) is 5.56 Å². The fourth-order valence-corrected chi connectivity index (χ4v) is 4.35. The van der Waals surface area contributed by atoms with Crippen molar-refractivity contribution in [3.05, 3.63) is 41.5 Å². The number of ether oxygens (including phenoxy) is 1. The molecule has 138 valence electrons. The van der Waals surface area contributed by atoms with E-state index in [2.05, 4.69) is 24.3 Å². The van der Waals surface area contributed by atoms with Crippen LogP contribution < -0.4 is 4.90 Å². The Morgan fingerprint density at radius 2 is 2.04 bits per heavy atom. The van der Waals surface area contributed by atoms with Gasteiger partial charge in [0.25, 0.3) is 0 Å². The maximum Gasteiger partial charge on any atom is 0.410 e. The summed E-state index contributed by atoms with van der Waals surface area (Å²) in [5, 5.41) is 0. The Kier molecular flexibility index (Phi) is 3.86. The standard InChI is InChI=1S/C21H26N2O3/c1-20(2,3)26-19(25)22-11-12-23-17(24)13-21(9-4-5-10-21)16-8-6-7-15(14-22)18(16)23/h4,6-9H,5,10-14H2,1-3H3. The Hall–Kier alpha value is -2.30. The number of anilines is 1. The van der Waals surface area contributed by atoms with Crippen LogP contribution in [-0.2, 0) is 21.5 Å². The predicted molar refractivity (Wildman–Crippen MR) is 100 cm³/mol. The first kappa shape index (κ1) is 17.1. The van der Waals surface area contributed by atoms with E-state index in [0.717, 1.165) is 24.1 Å². The van der Waals surface area contributed by atoms with Gasteiger partial charge in [0.1, 0.15) is 5.60 Å². The number of para-hydroxylation sites is 1. The second-order valence-electron chi connectivity index (χ2n) is 8.53. The van der Waals surface area contributed by atoms with Crippen LogP contribution in [0.2, 0.25) is 0 Å². The molecule has 2 heterocycles. The first-order chi connectivity index (χ1) is 12.3. The highest BCUT2D eigenvalue weighted by atomic mass is 16.6. The Labute approximate surface area is 154 Å². The SMILES string of the molecule is CC(C)(C)OC(=O)N1CCN2C(=O)CC3(C=CCC3)c3cccc(c32)C1. The van der Waals surface area contributed by atoms with E-state index in [1.807, 2.05) is 31.7 Å². The van der Waals surface area contributed by atoms with Crippen molar-refractivity contribution in [3.8, 4) is 0 Å². The molecule has 1 aromatic rings. The summed E-state index contributed by atoms with van der Waals surface area (Å²) in [5.74, 6) is 0.155. The van der Waals surface area contributed by atoms with Gasteiger partial charge in [0, 0.05) is 24.9 Å². The lowest BCUT2D eigenvalue weighted by Gasteiger charge is -2.40. The van der Waals surface area contributed by atoms with Gasteiger partial charge in [0.05, 0.1) is 12.2 Å². The van der Waals surface area contributed by atoms with Gasteiger partial charge in [-0.1, -0.05) is 30.4 Å². The summed E-state index contributed by atoms with van der Waals surface area (Å²) in [6, 6.07) is 6.23. The molecule has 1 atom stereocenters. The van der Waals surface area contributed by atoms with Crippen LogP contribution in [0.25, 0.3) is 0 Å². The Bertz CT molecular complexity index is 793. The van der Waals surface area contributed by atoms with Crippen LogP contribution in [0.5, 0.6) is 0 Å². The fraction of sp³-hybridized carbons (Fsp3) is 0.524. The highest BCUT2D eigenvalue weighted by molar-refractivity contribution is 5.99. The molecule has 5 nitrogen and oxygen atoms in total. The van der Waals surface area contributed by atoms with Crippen LogP contribution >= 0.6 is 0 Å². The molecule has 1 aromatic carbocycles. The molecule has 1 spiro atoms. The van der Waals surface area contributed by atoms with Crippen LogP contribution in [0, 0.1) is 0 Å². The van der Waals surface area contributed by atoms with Crippen LogP contribution in [0.1, 0.15) is 51.2 Å². The van der Waals surface area contributed by atoms with Crippen molar-refractivity contribution in [2.24, 2.45) is 0 Å². The third kappa shape index (κ3) is 2.79. The molecule has 0 saturated heterocycles. The monoisotopic (exact) mass is 354 g/mol. The topological polar surface area (TPSA) is 49.9 Å². The zero-order valence-electron chi connectivity index (χ0n) is 15.7. The zero-order chi connectivity index (χ0) is 18.5. The number of hydrogen-bond donors (Lipinski definition) is 0. The van der Waals surface area contributed by atoms with E-state index in [-0.39, 0.29) is 17.4 Å². The lowest BCUT2D eigenvalue weighted by molar-refractivity contribution is -0.120. The van der Waals surface area contributed by atoms with Crippen LogP contribution in [-0.4, -0.2) is 35.6 Å². The molecule has 0 radical (unpaired) electrons. The summed E-state index contributed by atoms with van der Waals surface area (Å²) in [6.45, 7) is 7.08. The number of allylic oxidation sites excluding steroid dienone is 2. The molecular formula is C21H26N2O3. The van der Waals surface area contributed by atoms with Gasteiger partial charge in [-0.05, 0) is 44.7 Å². The van der Waals surface area contributed by atoms with E-state index >= 15 is 0 Å². The summed E-state index contributed by atoms with van der Waals surface area (Å²) < 4.78 is 5.56. The molecule has 5 heteroatoms. The lowest BCUT2D eigenvalue weighted by atomic mass is 9.73. The first-order valence-corrected chi connectivity index (χ1v) is 9.37. The second-order valence-corrected chi connectivity index (χ2v) is 8.53. The average molecular weight is 354 g/mol. The number of carbonyl (C=O) groups excluding carboxylic acids is 2.